The Hall–Kier alpha value is -2.50. The van der Waals surface area contributed by atoms with Gasteiger partial charge in [0.25, 0.3) is 0 Å². The average molecular weight is 329 g/mol. The lowest BCUT2D eigenvalue weighted by molar-refractivity contribution is 0.0526. The molecule has 0 unspecified atom stereocenters. The molecule has 0 atom stereocenters. The van der Waals surface area contributed by atoms with Gasteiger partial charge in [0.05, 0.1) is 19.4 Å². The fourth-order valence-corrected chi connectivity index (χ4v) is 3.33. The van der Waals surface area contributed by atoms with E-state index >= 15 is 0 Å². The normalized spacial score (nSPS) is 14.8. The molecule has 2 aromatic rings. The number of rotatable bonds is 5. The quantitative estimate of drug-likeness (QED) is 0.851. The molecule has 0 aliphatic heterocycles. The van der Waals surface area contributed by atoms with E-state index in [1.807, 2.05) is 24.3 Å². The maximum absolute atomic E-state index is 12.5. The summed E-state index contributed by atoms with van der Waals surface area (Å²) in [5.41, 5.74) is 8.16. The third kappa shape index (κ3) is 2.84. The molecule has 2 N–H and O–H groups in total. The van der Waals surface area contributed by atoms with Crippen LogP contribution in [0, 0.1) is 0 Å². The Balaban J connectivity index is 2.14. The van der Waals surface area contributed by atoms with Crippen LogP contribution in [0.5, 0.6) is 5.75 Å². The number of methoxy groups -OCH3 is 1. The van der Waals surface area contributed by atoms with Gasteiger partial charge in [-0.05, 0) is 31.9 Å². The molecule has 0 radical (unpaired) electrons. The highest BCUT2D eigenvalue weighted by atomic mass is 16.5. The highest BCUT2D eigenvalue weighted by Gasteiger charge is 2.31. The first-order valence-corrected chi connectivity index (χ1v) is 8.36. The molecule has 0 amide bonds. The number of nitrogens with two attached hydrogens (primary N) is 1. The van der Waals surface area contributed by atoms with Crippen molar-refractivity contribution in [2.24, 2.45) is 0 Å². The molecular weight excluding hydrogens is 306 g/mol. The van der Waals surface area contributed by atoms with E-state index in [0.29, 0.717) is 29.4 Å². The number of carbonyl (C=O) groups is 1. The zero-order valence-corrected chi connectivity index (χ0v) is 14.1. The summed E-state index contributed by atoms with van der Waals surface area (Å²) < 4.78 is 12.2. The highest BCUT2D eigenvalue weighted by Crippen LogP contribution is 2.38. The highest BCUT2D eigenvalue weighted by molar-refractivity contribution is 5.96. The molecule has 6 heteroatoms. The lowest BCUT2D eigenvalue weighted by Gasteiger charge is -2.09. The Kier molecular flexibility index (Phi) is 4.74. The van der Waals surface area contributed by atoms with Crippen LogP contribution in [-0.4, -0.2) is 29.5 Å². The van der Waals surface area contributed by atoms with E-state index in [4.69, 9.17) is 15.2 Å². The molecular formula is C18H23N3O3. The molecule has 1 aromatic carbocycles. The number of benzene rings is 1. The van der Waals surface area contributed by atoms with Gasteiger partial charge in [0.15, 0.2) is 0 Å². The van der Waals surface area contributed by atoms with Gasteiger partial charge < -0.3 is 15.2 Å². The monoisotopic (exact) mass is 329 g/mol. The second-order valence-electron chi connectivity index (χ2n) is 5.93. The van der Waals surface area contributed by atoms with Gasteiger partial charge in [-0.2, -0.15) is 5.10 Å². The van der Waals surface area contributed by atoms with Crippen molar-refractivity contribution in [2.45, 2.75) is 38.5 Å². The summed E-state index contributed by atoms with van der Waals surface area (Å²) in [6.45, 7) is 2.09. The van der Waals surface area contributed by atoms with E-state index in [1.165, 1.54) is 0 Å². The van der Waals surface area contributed by atoms with Crippen LogP contribution >= 0.6 is 0 Å². The maximum atomic E-state index is 12.5. The van der Waals surface area contributed by atoms with Crippen molar-refractivity contribution in [1.29, 1.82) is 0 Å². The summed E-state index contributed by atoms with van der Waals surface area (Å²) in [5.74, 6) is 0.806. The van der Waals surface area contributed by atoms with Crippen LogP contribution in [-0.2, 0) is 4.74 Å². The number of esters is 1. The van der Waals surface area contributed by atoms with E-state index in [0.717, 1.165) is 31.4 Å². The molecule has 128 valence electrons. The summed E-state index contributed by atoms with van der Waals surface area (Å²) in [5, 5.41) is 4.68. The van der Waals surface area contributed by atoms with Crippen molar-refractivity contribution in [3.05, 3.63) is 35.5 Å². The third-order valence-electron chi connectivity index (χ3n) is 4.48. The fourth-order valence-electron chi connectivity index (χ4n) is 3.33. The lowest BCUT2D eigenvalue weighted by atomic mass is 10.00. The molecule has 1 aromatic heterocycles. The zero-order chi connectivity index (χ0) is 17.1. The summed E-state index contributed by atoms with van der Waals surface area (Å²) in [4.78, 5) is 12.5. The predicted molar refractivity (Wildman–Crippen MR) is 91.7 cm³/mol. The first-order chi connectivity index (χ1) is 11.7. The lowest BCUT2D eigenvalue weighted by Crippen LogP contribution is -2.11. The Morgan fingerprint density at radius 3 is 2.71 bits per heavy atom. The third-order valence-corrected chi connectivity index (χ3v) is 4.48. The van der Waals surface area contributed by atoms with E-state index in [-0.39, 0.29) is 5.92 Å². The molecule has 1 heterocycles. The number of hydrogen-bond acceptors (Lipinski definition) is 5. The van der Waals surface area contributed by atoms with Crippen LogP contribution in [0.4, 0.5) is 5.82 Å². The van der Waals surface area contributed by atoms with E-state index in [9.17, 15) is 4.79 Å². The van der Waals surface area contributed by atoms with Gasteiger partial charge in [-0.1, -0.05) is 25.0 Å². The minimum Gasteiger partial charge on any atom is -0.494 e. The molecule has 6 nitrogen and oxygen atoms in total. The largest absolute Gasteiger partial charge is 0.494 e. The Morgan fingerprint density at radius 2 is 2.04 bits per heavy atom. The molecule has 1 fully saturated rings. The molecule has 0 saturated heterocycles. The van der Waals surface area contributed by atoms with Crippen molar-refractivity contribution >= 4 is 11.8 Å². The van der Waals surface area contributed by atoms with Gasteiger partial charge in [0.1, 0.15) is 22.8 Å². The number of carbonyl (C=O) groups excluding carboxylic acids is 1. The van der Waals surface area contributed by atoms with E-state index in [2.05, 4.69) is 5.10 Å². The number of nitrogen functional groups attached to an aromatic ring is 1. The minimum absolute atomic E-state index is 0.252. The topological polar surface area (TPSA) is 79.4 Å². The summed E-state index contributed by atoms with van der Waals surface area (Å²) in [6, 6.07) is 7.48. The predicted octanol–water partition coefficient (Wildman–Crippen LogP) is 3.30. The SMILES string of the molecule is CCOC(=O)c1c(C2CCCC2)nn(-c2ccccc2OC)c1N. The van der Waals surface area contributed by atoms with Gasteiger partial charge in [0, 0.05) is 5.92 Å². The molecule has 1 saturated carbocycles. The standard InChI is InChI=1S/C18H23N3O3/c1-3-24-18(22)15-16(12-8-4-5-9-12)20-21(17(15)19)13-10-6-7-11-14(13)23-2/h6-7,10-12H,3-5,8-9,19H2,1-2H3. The second kappa shape index (κ2) is 6.95. The summed E-state index contributed by atoms with van der Waals surface area (Å²) >= 11 is 0. The van der Waals surface area contributed by atoms with Crippen LogP contribution in [0.3, 0.4) is 0 Å². The first kappa shape index (κ1) is 16.4. The van der Waals surface area contributed by atoms with Crippen molar-refractivity contribution in [1.82, 2.24) is 9.78 Å². The van der Waals surface area contributed by atoms with Gasteiger partial charge in [-0.3, -0.25) is 0 Å². The number of hydrogen-bond donors (Lipinski definition) is 1. The van der Waals surface area contributed by atoms with Crippen LogP contribution in [0.2, 0.25) is 0 Å². The van der Waals surface area contributed by atoms with Gasteiger partial charge >= 0.3 is 5.97 Å². The minimum atomic E-state index is -0.405. The fraction of sp³-hybridized carbons (Fsp3) is 0.444. The molecule has 0 bridgehead atoms. The zero-order valence-electron chi connectivity index (χ0n) is 14.1. The van der Waals surface area contributed by atoms with Crippen molar-refractivity contribution < 1.29 is 14.3 Å². The Labute approximate surface area is 141 Å². The average Bonchev–Trinajstić information content (AvgIpc) is 3.22. The van der Waals surface area contributed by atoms with Gasteiger partial charge in [-0.25, -0.2) is 9.48 Å². The summed E-state index contributed by atoms with van der Waals surface area (Å²) in [6.07, 6.45) is 4.34. The van der Waals surface area contributed by atoms with Crippen LogP contribution in [0.15, 0.2) is 24.3 Å². The number of nitrogens with zero attached hydrogens (tertiary/aromatic N) is 2. The Morgan fingerprint density at radius 1 is 1.33 bits per heavy atom. The van der Waals surface area contributed by atoms with Crippen LogP contribution < -0.4 is 10.5 Å². The number of aromatic nitrogens is 2. The molecule has 24 heavy (non-hydrogen) atoms. The first-order valence-electron chi connectivity index (χ1n) is 8.36. The molecule has 1 aliphatic rings. The molecule has 0 spiro atoms. The van der Waals surface area contributed by atoms with Crippen LogP contribution in [0.25, 0.3) is 5.69 Å². The second-order valence-corrected chi connectivity index (χ2v) is 5.93. The van der Waals surface area contributed by atoms with Gasteiger partial charge in [0.2, 0.25) is 0 Å². The van der Waals surface area contributed by atoms with E-state index in [1.54, 1.807) is 18.7 Å². The van der Waals surface area contributed by atoms with Crippen molar-refractivity contribution in [3.63, 3.8) is 0 Å². The Bertz CT molecular complexity index is 733. The maximum Gasteiger partial charge on any atom is 0.343 e. The van der Waals surface area contributed by atoms with E-state index < -0.39 is 5.97 Å². The number of ether oxygens (including phenoxy) is 2. The molecule has 3 rings (SSSR count). The summed E-state index contributed by atoms with van der Waals surface area (Å²) in [7, 11) is 1.60. The van der Waals surface area contributed by atoms with Crippen molar-refractivity contribution in [3.8, 4) is 11.4 Å². The van der Waals surface area contributed by atoms with Gasteiger partial charge in [-0.15, -0.1) is 0 Å². The smallest absolute Gasteiger partial charge is 0.343 e. The van der Waals surface area contributed by atoms with Crippen LogP contribution in [0.1, 0.15) is 54.6 Å². The number of para-hydroxylation sites is 2. The van der Waals surface area contributed by atoms with Crippen molar-refractivity contribution in [2.75, 3.05) is 19.5 Å². The number of anilines is 1. The molecule has 1 aliphatic carbocycles.